The second-order valence-electron chi connectivity index (χ2n) is 4.03. The summed E-state index contributed by atoms with van der Waals surface area (Å²) in [7, 11) is 0. The molecule has 1 aliphatic rings. The van der Waals surface area contributed by atoms with E-state index in [9.17, 15) is 9.90 Å². The summed E-state index contributed by atoms with van der Waals surface area (Å²) < 4.78 is 0. The molecule has 1 fully saturated rings. The lowest BCUT2D eigenvalue weighted by molar-refractivity contribution is 0.0953. The van der Waals surface area contributed by atoms with Crippen LogP contribution in [-0.4, -0.2) is 30.1 Å². The average molecular weight is 220 g/mol. The largest absolute Gasteiger partial charge is 0.508 e. The number of hydrogen-bond donors (Lipinski definition) is 3. The molecule has 0 saturated heterocycles. The predicted molar refractivity (Wildman–Crippen MR) is 61.5 cm³/mol. The van der Waals surface area contributed by atoms with E-state index in [1.165, 1.54) is 18.9 Å². The van der Waals surface area contributed by atoms with Crippen molar-refractivity contribution >= 4 is 5.91 Å². The highest BCUT2D eigenvalue weighted by molar-refractivity contribution is 5.94. The number of carbonyl (C=O) groups is 1. The molecule has 0 heterocycles. The highest BCUT2D eigenvalue weighted by Gasteiger charge is 2.19. The third kappa shape index (κ3) is 3.24. The van der Waals surface area contributed by atoms with Crippen molar-refractivity contribution in [2.75, 3.05) is 13.1 Å². The molecule has 0 aliphatic heterocycles. The fourth-order valence-electron chi connectivity index (χ4n) is 1.49. The maximum absolute atomic E-state index is 11.6. The highest BCUT2D eigenvalue weighted by atomic mass is 16.3. The Hall–Kier alpha value is -1.55. The zero-order chi connectivity index (χ0) is 11.4. The Morgan fingerprint density at radius 2 is 2.19 bits per heavy atom. The molecule has 86 valence electrons. The van der Waals surface area contributed by atoms with Crippen LogP contribution < -0.4 is 10.6 Å². The summed E-state index contributed by atoms with van der Waals surface area (Å²) in [6, 6.07) is 7.02. The molecule has 16 heavy (non-hydrogen) atoms. The van der Waals surface area contributed by atoms with E-state index in [-0.39, 0.29) is 11.7 Å². The average Bonchev–Trinajstić information content (AvgIpc) is 3.08. The molecule has 0 aromatic heterocycles. The molecule has 0 bridgehead atoms. The van der Waals surface area contributed by atoms with E-state index >= 15 is 0 Å². The number of aromatic hydroxyl groups is 1. The van der Waals surface area contributed by atoms with Crippen molar-refractivity contribution in [2.24, 2.45) is 0 Å². The maximum Gasteiger partial charge on any atom is 0.251 e. The first kappa shape index (κ1) is 11.0. The molecule has 1 aromatic carbocycles. The SMILES string of the molecule is O=C(NCCNC1CC1)c1cccc(O)c1. The van der Waals surface area contributed by atoms with Crippen molar-refractivity contribution in [3.63, 3.8) is 0 Å². The van der Waals surface area contributed by atoms with Crippen molar-refractivity contribution in [1.29, 1.82) is 0 Å². The summed E-state index contributed by atoms with van der Waals surface area (Å²) in [5, 5.41) is 15.3. The van der Waals surface area contributed by atoms with E-state index < -0.39 is 0 Å². The minimum Gasteiger partial charge on any atom is -0.508 e. The molecule has 3 N–H and O–H groups in total. The molecule has 4 heteroatoms. The van der Waals surface area contributed by atoms with E-state index in [0.29, 0.717) is 18.2 Å². The molecule has 1 aliphatic carbocycles. The Kier molecular flexibility index (Phi) is 3.41. The molecule has 1 saturated carbocycles. The number of benzene rings is 1. The fourth-order valence-corrected chi connectivity index (χ4v) is 1.49. The lowest BCUT2D eigenvalue weighted by Gasteiger charge is -2.06. The first-order chi connectivity index (χ1) is 7.75. The predicted octanol–water partition coefficient (Wildman–Crippen LogP) is 0.874. The number of phenols is 1. The Bertz CT molecular complexity index is 375. The standard InChI is InChI=1S/C12H16N2O2/c15-11-3-1-2-9(8-11)12(16)14-7-6-13-10-4-5-10/h1-3,8,10,13,15H,4-7H2,(H,14,16). The molecule has 0 atom stereocenters. The zero-order valence-electron chi connectivity index (χ0n) is 9.07. The van der Waals surface area contributed by atoms with Gasteiger partial charge in [0.1, 0.15) is 5.75 Å². The Morgan fingerprint density at radius 1 is 1.38 bits per heavy atom. The molecule has 0 radical (unpaired) electrons. The second-order valence-corrected chi connectivity index (χ2v) is 4.03. The van der Waals surface area contributed by atoms with Crippen LogP contribution in [0.25, 0.3) is 0 Å². The number of amides is 1. The van der Waals surface area contributed by atoms with Gasteiger partial charge >= 0.3 is 0 Å². The van der Waals surface area contributed by atoms with Crippen LogP contribution in [0.2, 0.25) is 0 Å². The lowest BCUT2D eigenvalue weighted by Crippen LogP contribution is -2.32. The van der Waals surface area contributed by atoms with Gasteiger partial charge in [-0.25, -0.2) is 0 Å². The number of carbonyl (C=O) groups excluding carboxylic acids is 1. The fraction of sp³-hybridized carbons (Fsp3) is 0.417. The monoisotopic (exact) mass is 220 g/mol. The van der Waals surface area contributed by atoms with E-state index in [1.54, 1.807) is 18.2 Å². The van der Waals surface area contributed by atoms with E-state index in [2.05, 4.69) is 10.6 Å². The highest BCUT2D eigenvalue weighted by Crippen LogP contribution is 2.17. The maximum atomic E-state index is 11.6. The third-order valence-corrected chi connectivity index (χ3v) is 2.53. The molecule has 0 unspecified atom stereocenters. The van der Waals surface area contributed by atoms with Crippen molar-refractivity contribution in [3.05, 3.63) is 29.8 Å². The van der Waals surface area contributed by atoms with Crippen LogP contribution in [0.5, 0.6) is 5.75 Å². The van der Waals surface area contributed by atoms with Gasteiger partial charge in [0.25, 0.3) is 5.91 Å². The van der Waals surface area contributed by atoms with E-state index in [4.69, 9.17) is 0 Å². The first-order valence-corrected chi connectivity index (χ1v) is 5.56. The van der Waals surface area contributed by atoms with Gasteiger partial charge in [-0.3, -0.25) is 4.79 Å². The Labute approximate surface area is 94.7 Å². The van der Waals surface area contributed by atoms with Crippen LogP contribution in [0.15, 0.2) is 24.3 Å². The quantitative estimate of drug-likeness (QED) is 0.645. The third-order valence-electron chi connectivity index (χ3n) is 2.53. The zero-order valence-corrected chi connectivity index (χ0v) is 9.07. The summed E-state index contributed by atoms with van der Waals surface area (Å²) in [5.74, 6) is -0.0303. The van der Waals surface area contributed by atoms with Gasteiger partial charge in [0.15, 0.2) is 0 Å². The van der Waals surface area contributed by atoms with Crippen molar-refractivity contribution < 1.29 is 9.90 Å². The second kappa shape index (κ2) is 4.99. The van der Waals surface area contributed by atoms with Gasteiger partial charge in [-0.15, -0.1) is 0 Å². The van der Waals surface area contributed by atoms with Crippen LogP contribution in [0.1, 0.15) is 23.2 Å². The van der Waals surface area contributed by atoms with E-state index in [1.807, 2.05) is 0 Å². The minimum absolute atomic E-state index is 0.115. The molecule has 2 rings (SSSR count). The van der Waals surface area contributed by atoms with Gasteiger partial charge in [-0.05, 0) is 31.0 Å². The topological polar surface area (TPSA) is 61.4 Å². The van der Waals surface area contributed by atoms with Crippen LogP contribution in [-0.2, 0) is 0 Å². The normalized spacial score (nSPS) is 14.8. The Balaban J connectivity index is 1.73. The lowest BCUT2D eigenvalue weighted by atomic mass is 10.2. The minimum atomic E-state index is -0.145. The molecule has 4 nitrogen and oxygen atoms in total. The van der Waals surface area contributed by atoms with Gasteiger partial charge in [-0.1, -0.05) is 6.07 Å². The summed E-state index contributed by atoms with van der Waals surface area (Å²) in [6.45, 7) is 1.42. The summed E-state index contributed by atoms with van der Waals surface area (Å²) in [6.07, 6.45) is 2.50. The van der Waals surface area contributed by atoms with Crippen molar-refractivity contribution in [3.8, 4) is 5.75 Å². The number of phenolic OH excluding ortho intramolecular Hbond substituents is 1. The van der Waals surface area contributed by atoms with Crippen molar-refractivity contribution in [1.82, 2.24) is 10.6 Å². The van der Waals surface area contributed by atoms with Crippen molar-refractivity contribution in [2.45, 2.75) is 18.9 Å². The van der Waals surface area contributed by atoms with Crippen LogP contribution >= 0.6 is 0 Å². The number of nitrogens with one attached hydrogen (secondary N) is 2. The smallest absolute Gasteiger partial charge is 0.251 e. The van der Waals surface area contributed by atoms with Gasteiger partial charge in [0.05, 0.1) is 0 Å². The van der Waals surface area contributed by atoms with Crippen LogP contribution in [0.4, 0.5) is 0 Å². The summed E-state index contributed by atoms with van der Waals surface area (Å²) in [4.78, 5) is 11.6. The molecular formula is C12H16N2O2. The number of hydrogen-bond acceptors (Lipinski definition) is 3. The van der Waals surface area contributed by atoms with E-state index in [0.717, 1.165) is 6.54 Å². The molecule has 1 amide bonds. The summed E-state index contributed by atoms with van der Waals surface area (Å²) in [5.41, 5.74) is 0.492. The van der Waals surface area contributed by atoms with Crippen LogP contribution in [0, 0.1) is 0 Å². The van der Waals surface area contributed by atoms with Gasteiger partial charge < -0.3 is 15.7 Å². The number of rotatable bonds is 5. The van der Waals surface area contributed by atoms with Gasteiger partial charge in [0.2, 0.25) is 0 Å². The van der Waals surface area contributed by atoms with Gasteiger partial charge in [-0.2, -0.15) is 0 Å². The van der Waals surface area contributed by atoms with Gasteiger partial charge in [0, 0.05) is 24.7 Å². The molecule has 1 aromatic rings. The molecule has 0 spiro atoms. The first-order valence-electron chi connectivity index (χ1n) is 5.56. The van der Waals surface area contributed by atoms with Crippen LogP contribution in [0.3, 0.4) is 0 Å². The molecular weight excluding hydrogens is 204 g/mol. The summed E-state index contributed by atoms with van der Waals surface area (Å²) >= 11 is 0. The Morgan fingerprint density at radius 3 is 2.88 bits per heavy atom.